The van der Waals surface area contributed by atoms with Gasteiger partial charge in [-0.15, -0.1) is 0 Å². The molecule has 0 spiro atoms. The number of aromatic amines is 1. The molecule has 0 bridgehead atoms. The number of hydrogen-bond donors (Lipinski definition) is 2. The van der Waals surface area contributed by atoms with Crippen LogP contribution < -0.4 is 5.32 Å². The van der Waals surface area contributed by atoms with Crippen LogP contribution in [0, 0.1) is 5.82 Å². The molecule has 33 heavy (non-hydrogen) atoms. The van der Waals surface area contributed by atoms with Crippen LogP contribution in [-0.2, 0) is 6.54 Å². The van der Waals surface area contributed by atoms with Gasteiger partial charge in [-0.3, -0.25) is 9.89 Å². The number of amides is 1. The maximum absolute atomic E-state index is 14.8. The molecular formula is C27H18FN3O2. The average molecular weight is 435 g/mol. The van der Waals surface area contributed by atoms with Gasteiger partial charge in [0.15, 0.2) is 0 Å². The van der Waals surface area contributed by atoms with Crippen LogP contribution >= 0.6 is 0 Å². The summed E-state index contributed by atoms with van der Waals surface area (Å²) in [5.41, 5.74) is 2.69. The number of benzene rings is 4. The van der Waals surface area contributed by atoms with Gasteiger partial charge in [-0.2, -0.15) is 5.10 Å². The van der Waals surface area contributed by atoms with Crippen LogP contribution in [0.4, 0.5) is 4.39 Å². The number of fused-ring (bicyclic) bond motifs is 3. The average Bonchev–Trinajstić information content (AvgIpc) is 3.46. The fourth-order valence-electron chi connectivity index (χ4n) is 4.16. The molecule has 2 N–H and O–H groups in total. The molecule has 6 heteroatoms. The predicted octanol–water partition coefficient (Wildman–Crippen LogP) is 6.20. The lowest BCUT2D eigenvalue weighted by Crippen LogP contribution is -2.22. The summed E-state index contributed by atoms with van der Waals surface area (Å²) in [6.45, 7) is 0.204. The van der Waals surface area contributed by atoms with Gasteiger partial charge in [-0.05, 0) is 41.1 Å². The molecule has 0 aliphatic rings. The number of halogens is 1. The number of hydrogen-bond acceptors (Lipinski definition) is 3. The molecule has 0 aliphatic carbocycles. The lowest BCUT2D eigenvalue weighted by molar-refractivity contribution is 0.0948. The van der Waals surface area contributed by atoms with E-state index in [1.54, 1.807) is 6.07 Å². The van der Waals surface area contributed by atoms with Gasteiger partial charge < -0.3 is 9.73 Å². The number of furan rings is 1. The van der Waals surface area contributed by atoms with Gasteiger partial charge in [0.25, 0.3) is 5.91 Å². The minimum Gasteiger partial charge on any atom is -0.459 e. The highest BCUT2D eigenvalue weighted by molar-refractivity contribution is 6.02. The molecule has 1 amide bonds. The monoisotopic (exact) mass is 435 g/mol. The molecule has 0 aliphatic heterocycles. The quantitative estimate of drug-likeness (QED) is 0.346. The third kappa shape index (κ3) is 3.42. The normalized spacial score (nSPS) is 11.4. The van der Waals surface area contributed by atoms with Crippen molar-refractivity contribution in [1.29, 1.82) is 0 Å². The highest BCUT2D eigenvalue weighted by Crippen LogP contribution is 2.31. The van der Waals surface area contributed by atoms with Crippen LogP contribution in [-0.4, -0.2) is 16.1 Å². The molecule has 6 rings (SSSR count). The third-order valence-electron chi connectivity index (χ3n) is 5.81. The SMILES string of the molecule is O=C(NCc1cc2ccccc2o1)c1cc(F)c2[nH]nc(-c3ccc4ccccc4c3)c2c1. The Morgan fingerprint density at radius 1 is 0.909 bits per heavy atom. The Morgan fingerprint density at radius 2 is 1.70 bits per heavy atom. The first-order valence-corrected chi connectivity index (χ1v) is 10.6. The van der Waals surface area contributed by atoms with E-state index in [1.165, 1.54) is 6.07 Å². The maximum Gasteiger partial charge on any atom is 0.251 e. The summed E-state index contributed by atoms with van der Waals surface area (Å²) in [6.07, 6.45) is 0. The molecule has 0 radical (unpaired) electrons. The smallest absolute Gasteiger partial charge is 0.251 e. The molecule has 0 atom stereocenters. The second-order valence-electron chi connectivity index (χ2n) is 7.95. The molecular weight excluding hydrogens is 417 g/mol. The van der Waals surface area contributed by atoms with E-state index in [0.717, 1.165) is 27.3 Å². The van der Waals surface area contributed by atoms with E-state index in [2.05, 4.69) is 15.5 Å². The molecule has 5 nitrogen and oxygen atoms in total. The van der Waals surface area contributed by atoms with Crippen molar-refractivity contribution in [2.24, 2.45) is 0 Å². The van der Waals surface area contributed by atoms with Crippen LogP contribution in [0.2, 0.25) is 0 Å². The Hall–Kier alpha value is -4.45. The van der Waals surface area contributed by atoms with Gasteiger partial charge in [-0.1, -0.05) is 54.6 Å². The number of rotatable bonds is 4. The zero-order chi connectivity index (χ0) is 22.4. The summed E-state index contributed by atoms with van der Waals surface area (Å²) in [4.78, 5) is 12.8. The number of nitrogens with zero attached hydrogens (tertiary/aromatic N) is 1. The van der Waals surface area contributed by atoms with Crippen molar-refractivity contribution in [2.45, 2.75) is 6.54 Å². The number of carbonyl (C=O) groups is 1. The van der Waals surface area contributed by atoms with Crippen LogP contribution in [0.5, 0.6) is 0 Å². The van der Waals surface area contributed by atoms with Crippen molar-refractivity contribution in [2.75, 3.05) is 0 Å². The minimum atomic E-state index is -0.527. The summed E-state index contributed by atoms with van der Waals surface area (Å²) >= 11 is 0. The van der Waals surface area contributed by atoms with Gasteiger partial charge in [-0.25, -0.2) is 4.39 Å². The highest BCUT2D eigenvalue weighted by atomic mass is 19.1. The van der Waals surface area contributed by atoms with E-state index in [9.17, 15) is 9.18 Å². The standard InChI is InChI=1S/C27H18FN3O2/c28-23-14-20(27(32)29-15-21-12-18-7-3-4-8-24(18)33-21)13-22-25(30-31-26(22)23)19-10-9-16-5-1-2-6-17(16)11-19/h1-14H,15H2,(H,29,32)(H,30,31). The summed E-state index contributed by atoms with van der Waals surface area (Å²) in [5, 5.41) is 13.6. The van der Waals surface area contributed by atoms with Crippen molar-refractivity contribution in [1.82, 2.24) is 15.5 Å². The Morgan fingerprint density at radius 3 is 2.55 bits per heavy atom. The van der Waals surface area contributed by atoms with E-state index < -0.39 is 5.82 Å². The molecule has 0 saturated heterocycles. The molecule has 0 fully saturated rings. The molecule has 2 aromatic heterocycles. The van der Waals surface area contributed by atoms with Gasteiger partial charge in [0.05, 0.1) is 6.54 Å². The zero-order valence-corrected chi connectivity index (χ0v) is 17.4. The largest absolute Gasteiger partial charge is 0.459 e. The first-order valence-electron chi connectivity index (χ1n) is 10.6. The van der Waals surface area contributed by atoms with E-state index >= 15 is 0 Å². The number of nitrogens with one attached hydrogen (secondary N) is 2. The first kappa shape index (κ1) is 19.3. The predicted molar refractivity (Wildman–Crippen MR) is 126 cm³/mol. The van der Waals surface area contributed by atoms with Crippen LogP contribution in [0.3, 0.4) is 0 Å². The Kier molecular flexibility index (Phi) is 4.43. The van der Waals surface area contributed by atoms with Crippen molar-refractivity contribution >= 4 is 38.6 Å². The maximum atomic E-state index is 14.8. The Labute approximate surface area is 187 Å². The molecule has 0 unspecified atom stereocenters. The van der Waals surface area contributed by atoms with E-state index in [4.69, 9.17) is 4.42 Å². The van der Waals surface area contributed by atoms with Crippen molar-refractivity contribution in [3.8, 4) is 11.3 Å². The summed E-state index contributed by atoms with van der Waals surface area (Å²) in [7, 11) is 0. The Balaban J connectivity index is 1.32. The third-order valence-corrected chi connectivity index (χ3v) is 5.81. The molecule has 6 aromatic rings. The lowest BCUT2D eigenvalue weighted by Gasteiger charge is -2.06. The lowest BCUT2D eigenvalue weighted by atomic mass is 10.0. The first-order chi connectivity index (χ1) is 16.2. The van der Waals surface area contributed by atoms with Gasteiger partial charge in [0, 0.05) is 21.9 Å². The minimum absolute atomic E-state index is 0.204. The van der Waals surface area contributed by atoms with Crippen molar-refractivity contribution in [3.63, 3.8) is 0 Å². The number of aromatic nitrogens is 2. The summed E-state index contributed by atoms with van der Waals surface area (Å²) < 4.78 is 20.6. The van der Waals surface area contributed by atoms with E-state index in [-0.39, 0.29) is 23.5 Å². The molecule has 0 saturated carbocycles. The van der Waals surface area contributed by atoms with Gasteiger partial charge in [0.1, 0.15) is 28.4 Å². The zero-order valence-electron chi connectivity index (χ0n) is 17.4. The molecule has 4 aromatic carbocycles. The fraction of sp³-hybridized carbons (Fsp3) is 0.0370. The topological polar surface area (TPSA) is 70.9 Å². The fourth-order valence-corrected chi connectivity index (χ4v) is 4.16. The molecule has 2 heterocycles. The number of carbonyl (C=O) groups excluding carboxylic acids is 1. The van der Waals surface area contributed by atoms with Crippen LogP contribution in [0.15, 0.2) is 89.3 Å². The second kappa shape index (κ2) is 7.60. The van der Waals surface area contributed by atoms with Crippen LogP contribution in [0.1, 0.15) is 16.1 Å². The number of H-pyrrole nitrogens is 1. The number of para-hydroxylation sites is 1. The second-order valence-corrected chi connectivity index (χ2v) is 7.95. The Bertz CT molecular complexity index is 1630. The van der Waals surface area contributed by atoms with Gasteiger partial charge >= 0.3 is 0 Å². The van der Waals surface area contributed by atoms with Crippen molar-refractivity contribution in [3.05, 3.63) is 102 Å². The van der Waals surface area contributed by atoms with Crippen LogP contribution in [0.25, 0.3) is 43.9 Å². The van der Waals surface area contributed by atoms with Crippen molar-refractivity contribution < 1.29 is 13.6 Å². The highest BCUT2D eigenvalue weighted by Gasteiger charge is 2.17. The van der Waals surface area contributed by atoms with Gasteiger partial charge in [0.2, 0.25) is 0 Å². The summed E-state index contributed by atoms with van der Waals surface area (Å²) in [6, 6.07) is 26.4. The molecule has 160 valence electrons. The summed E-state index contributed by atoms with van der Waals surface area (Å²) in [5.74, 6) is -0.283. The van der Waals surface area contributed by atoms with E-state index in [0.29, 0.717) is 16.8 Å². The van der Waals surface area contributed by atoms with E-state index in [1.807, 2.05) is 72.8 Å².